The minimum absolute atomic E-state index is 0. The molecule has 12 valence electrons. The van der Waals surface area contributed by atoms with Crippen LogP contribution < -0.4 is 51.4 Å². The van der Waals surface area contributed by atoms with Gasteiger partial charge in [-0.05, 0) is 0 Å². The predicted molar refractivity (Wildman–Crippen MR) is 16.2 cm³/mol. The average molecular weight is 88.1 g/mol. The van der Waals surface area contributed by atoms with Crippen molar-refractivity contribution in [2.75, 3.05) is 0 Å². The number of hydrogen-bond donors (Lipinski definition) is 0. The third-order valence-corrected chi connectivity index (χ3v) is 0. The molecule has 0 saturated carbocycles. The molecule has 0 radical (unpaired) electrons. The fourth-order valence-corrected chi connectivity index (χ4v) is 0. The summed E-state index contributed by atoms with van der Waals surface area (Å²) >= 11 is 0. The molecule has 0 aromatic rings. The van der Waals surface area contributed by atoms with Crippen LogP contribution in [0.1, 0.15) is 0 Å². The van der Waals surface area contributed by atoms with Crippen molar-refractivity contribution >= 4 is 48.4 Å². The van der Waals surface area contributed by atoms with Gasteiger partial charge in [0.05, 0.1) is 0 Å². The predicted octanol–water partition coefficient (Wildman–Crippen LogP) is -4.47. The maximum Gasteiger partial charge on any atom is -0.870 e. The van der Waals surface area contributed by atoms with E-state index in [0.29, 0.717) is 0 Å². The van der Waals surface area contributed by atoms with Crippen LogP contribution in [0.5, 0.6) is 0 Å². The van der Waals surface area contributed by atoms with Gasteiger partial charge in [-0.2, -0.15) is 0 Å². The van der Waals surface area contributed by atoms with E-state index >= 15 is 0 Å². The summed E-state index contributed by atoms with van der Waals surface area (Å²) in [6.45, 7) is 0. The molecule has 0 amide bonds. The van der Waals surface area contributed by atoms with Gasteiger partial charge in [0.1, 0.15) is 0 Å². The third-order valence-electron chi connectivity index (χ3n) is 0. The molecule has 0 aromatic heterocycles. The van der Waals surface area contributed by atoms with Crippen molar-refractivity contribution in [3.05, 3.63) is 0 Å². The van der Waals surface area contributed by atoms with Crippen LogP contribution in [0, 0.1) is 0 Å². The normalized spacial score (nSPS) is 0. The van der Waals surface area contributed by atoms with Gasteiger partial charge in [-0.15, -0.1) is 0 Å². The summed E-state index contributed by atoms with van der Waals surface area (Å²) in [7, 11) is 0. The van der Waals surface area contributed by atoms with Gasteiger partial charge in [-0.1, -0.05) is 0 Å². The molecule has 0 aliphatic carbocycles. The average Bonchev–Trinajstić information content (AvgIpc) is 0. The van der Waals surface area contributed by atoms with E-state index in [2.05, 4.69) is 0 Å². The smallest absolute Gasteiger partial charge is 0.870 e. The Bertz CT molecular complexity index is 8.00. The van der Waals surface area contributed by atoms with Crippen LogP contribution >= 0.6 is 0 Å². The quantitative estimate of drug-likeness (QED) is 0.275. The second-order valence-electron chi connectivity index (χ2n) is 0. The number of rotatable bonds is 0. The van der Waals surface area contributed by atoms with Gasteiger partial charge >= 0.3 is 99.8 Å². The van der Waals surface area contributed by atoms with Gasteiger partial charge in [0.15, 0.2) is 0 Å². The summed E-state index contributed by atoms with van der Waals surface area (Å²) in [5.41, 5.74) is 0. The number of hydrogen-bond acceptors (Lipinski definition) is 1. The summed E-state index contributed by atoms with van der Waals surface area (Å²) < 4.78 is 0. The zero-order valence-corrected chi connectivity index (χ0v) is 4.57. The fourth-order valence-electron chi connectivity index (χ4n) is 0. The molecule has 0 bridgehead atoms. The summed E-state index contributed by atoms with van der Waals surface area (Å²) in [5, 5.41) is 0. The van der Waals surface area contributed by atoms with Gasteiger partial charge in [0.2, 0.25) is 0 Å². The summed E-state index contributed by atoms with van der Waals surface area (Å²) in [6.07, 6.45) is 0. The largest absolute Gasteiger partial charge is 0.870 e. The van der Waals surface area contributed by atoms with Gasteiger partial charge in [-0.3, -0.25) is 0 Å². The first-order valence-electron chi connectivity index (χ1n) is 0. The van der Waals surface area contributed by atoms with Crippen LogP contribution in [0.2, 0.25) is 0 Å². The van der Waals surface area contributed by atoms with Crippen molar-refractivity contribution in [1.29, 1.82) is 0 Å². The van der Waals surface area contributed by atoms with Crippen molar-refractivity contribution in [3.8, 4) is 0 Å². The minimum atomic E-state index is 0. The maximum absolute atomic E-state index is 0. The Balaban J connectivity index is 0. The molecular formula is H3KLiNaO. The van der Waals surface area contributed by atoms with Gasteiger partial charge in [0.25, 0.3) is 0 Å². The van der Waals surface area contributed by atoms with Crippen molar-refractivity contribution in [3.63, 3.8) is 0 Å². The Morgan fingerprint density at radius 2 is 1.00 bits per heavy atom. The molecule has 0 spiro atoms. The summed E-state index contributed by atoms with van der Waals surface area (Å²) in [5.74, 6) is 0. The first-order chi connectivity index (χ1) is 0. The van der Waals surface area contributed by atoms with Crippen LogP contribution in [0.25, 0.3) is 0 Å². The van der Waals surface area contributed by atoms with Crippen LogP contribution in [0.3, 0.4) is 0 Å². The van der Waals surface area contributed by atoms with E-state index in [4.69, 9.17) is 0 Å². The van der Waals surface area contributed by atoms with E-state index in [1.807, 2.05) is 0 Å². The van der Waals surface area contributed by atoms with E-state index in [9.17, 15) is 0 Å². The molecule has 0 unspecified atom stereocenters. The van der Waals surface area contributed by atoms with Gasteiger partial charge in [-0.25, -0.2) is 0 Å². The molecule has 0 rings (SSSR count). The first-order valence-corrected chi connectivity index (χ1v) is 0. The molecule has 4 heavy (non-hydrogen) atoms. The zero-order chi connectivity index (χ0) is 0. The molecule has 1 N–H and O–H groups in total. The fraction of sp³-hybridized carbons (Fsp3) is 0. The molecule has 0 saturated heterocycles. The Hall–Kier alpha value is 3.19. The monoisotopic (exact) mass is 88.0 g/mol. The summed E-state index contributed by atoms with van der Waals surface area (Å²) in [6, 6.07) is 0. The van der Waals surface area contributed by atoms with Gasteiger partial charge < -0.3 is 5.48 Å². The Morgan fingerprint density at radius 1 is 1.00 bits per heavy atom. The molecule has 4 heteroatoms. The van der Waals surface area contributed by atoms with Crippen LogP contribution in [0.4, 0.5) is 0 Å². The second-order valence-corrected chi connectivity index (χ2v) is 0. The Labute approximate surface area is 102 Å². The Kier molecular flexibility index (Phi) is 111. The van der Waals surface area contributed by atoms with Crippen LogP contribution in [-0.2, 0) is 0 Å². The second kappa shape index (κ2) is 16.4. The van der Waals surface area contributed by atoms with Crippen LogP contribution in [-0.4, -0.2) is 53.9 Å². The molecule has 0 aliphatic rings. The summed E-state index contributed by atoms with van der Waals surface area (Å²) in [4.78, 5) is 0. The van der Waals surface area contributed by atoms with E-state index in [1.165, 1.54) is 0 Å². The minimum Gasteiger partial charge on any atom is -0.870 e. The van der Waals surface area contributed by atoms with E-state index in [-0.39, 0.29) is 105 Å². The standard InChI is InChI=1S/K.Li.Na.H2O.2H/h;;;1H2;;/q+1;;;;;/p-1. The van der Waals surface area contributed by atoms with Crippen LogP contribution in [0.15, 0.2) is 0 Å². The molecule has 0 atom stereocenters. The topological polar surface area (TPSA) is 30.0 Å². The van der Waals surface area contributed by atoms with E-state index < -0.39 is 0 Å². The van der Waals surface area contributed by atoms with Gasteiger partial charge in [0, 0.05) is 0 Å². The van der Waals surface area contributed by atoms with Crippen molar-refractivity contribution in [2.45, 2.75) is 0 Å². The molecule has 0 heterocycles. The Morgan fingerprint density at radius 3 is 1.00 bits per heavy atom. The molecule has 1 nitrogen and oxygen atoms in total. The molecular weight excluding hydrogens is 85.0 g/mol. The van der Waals surface area contributed by atoms with Crippen molar-refractivity contribution in [2.24, 2.45) is 0 Å². The van der Waals surface area contributed by atoms with E-state index in [0.717, 1.165) is 0 Å². The first kappa shape index (κ1) is 27.1. The van der Waals surface area contributed by atoms with Crippen molar-refractivity contribution in [1.82, 2.24) is 0 Å². The molecule has 0 aromatic carbocycles. The molecule has 0 fully saturated rings. The third kappa shape index (κ3) is 8.96. The zero-order valence-electron chi connectivity index (χ0n) is 1.45. The maximum atomic E-state index is 0. The van der Waals surface area contributed by atoms with E-state index in [1.54, 1.807) is 0 Å². The molecule has 0 aliphatic heterocycles. The SMILES string of the molecule is [K+].[LiH].[NaH].[OH-]. The van der Waals surface area contributed by atoms with Crippen molar-refractivity contribution < 1.29 is 56.9 Å².